The number of likely N-dealkylation sites (tertiary alicyclic amines) is 1. The number of carbonyl (C=O) groups excluding carboxylic acids is 1. The molecule has 3 rings (SSSR count). The van der Waals surface area contributed by atoms with E-state index >= 15 is 0 Å². The molecule has 2 atom stereocenters. The van der Waals surface area contributed by atoms with Gasteiger partial charge in [-0.1, -0.05) is 28.9 Å². The third-order valence-electron chi connectivity index (χ3n) is 4.24. The maximum atomic E-state index is 12.6. The van der Waals surface area contributed by atoms with Crippen LogP contribution in [0.2, 0.25) is 5.02 Å². The first kappa shape index (κ1) is 16.0. The second-order valence-electron chi connectivity index (χ2n) is 5.89. The smallest absolute Gasteiger partial charge is 0.276 e. The molecular formula is C16H19ClN4O2. The molecule has 1 fully saturated rings. The first-order chi connectivity index (χ1) is 11.1. The highest BCUT2D eigenvalue weighted by Crippen LogP contribution is 2.22. The van der Waals surface area contributed by atoms with Crippen LogP contribution in [0.1, 0.15) is 30.3 Å². The van der Waals surface area contributed by atoms with E-state index in [0.717, 1.165) is 12.8 Å². The Morgan fingerprint density at radius 2 is 2.22 bits per heavy atom. The van der Waals surface area contributed by atoms with Crippen LogP contribution >= 0.6 is 11.6 Å². The molecule has 0 bridgehead atoms. The van der Waals surface area contributed by atoms with Gasteiger partial charge in [0.05, 0.1) is 23.0 Å². The van der Waals surface area contributed by atoms with Gasteiger partial charge in [0.1, 0.15) is 0 Å². The molecule has 6 nitrogen and oxygen atoms in total. The van der Waals surface area contributed by atoms with E-state index in [1.165, 1.54) is 4.68 Å². The SMILES string of the molecule is CC(O)C1CCCN(C(=O)c2cn(-c3ccccc3Cl)nn2)C1. The zero-order valence-corrected chi connectivity index (χ0v) is 13.6. The fourth-order valence-electron chi connectivity index (χ4n) is 2.87. The Bertz CT molecular complexity index is 701. The van der Waals surface area contributed by atoms with Gasteiger partial charge in [-0.2, -0.15) is 0 Å². The number of benzene rings is 1. The van der Waals surface area contributed by atoms with E-state index in [0.29, 0.717) is 23.8 Å². The summed E-state index contributed by atoms with van der Waals surface area (Å²) in [5.74, 6) is -0.0417. The van der Waals surface area contributed by atoms with E-state index in [9.17, 15) is 9.90 Å². The van der Waals surface area contributed by atoms with E-state index in [-0.39, 0.29) is 17.5 Å². The number of hydrogen-bond acceptors (Lipinski definition) is 4. The number of aliphatic hydroxyl groups is 1. The van der Waals surface area contributed by atoms with Gasteiger partial charge >= 0.3 is 0 Å². The molecule has 0 spiro atoms. The molecule has 1 N–H and O–H groups in total. The average molecular weight is 335 g/mol. The molecule has 1 aromatic heterocycles. The highest BCUT2D eigenvalue weighted by molar-refractivity contribution is 6.32. The molecule has 2 aromatic rings. The van der Waals surface area contributed by atoms with Gasteiger partial charge < -0.3 is 10.0 Å². The number of carbonyl (C=O) groups is 1. The van der Waals surface area contributed by atoms with Crippen LogP contribution in [-0.4, -0.2) is 50.1 Å². The van der Waals surface area contributed by atoms with E-state index in [4.69, 9.17) is 11.6 Å². The van der Waals surface area contributed by atoms with Crippen LogP contribution in [0.3, 0.4) is 0 Å². The van der Waals surface area contributed by atoms with Crippen LogP contribution in [0.5, 0.6) is 0 Å². The molecule has 1 aromatic carbocycles. The second kappa shape index (κ2) is 6.68. The molecule has 23 heavy (non-hydrogen) atoms. The Balaban J connectivity index is 1.78. The normalized spacial score (nSPS) is 19.6. The average Bonchev–Trinajstić information content (AvgIpc) is 3.04. The number of amides is 1. The number of hydrogen-bond donors (Lipinski definition) is 1. The van der Waals surface area contributed by atoms with Crippen LogP contribution in [0, 0.1) is 5.92 Å². The number of aromatic nitrogens is 3. The fourth-order valence-corrected chi connectivity index (χ4v) is 3.09. The summed E-state index contributed by atoms with van der Waals surface area (Å²) in [6.45, 7) is 3.00. The summed E-state index contributed by atoms with van der Waals surface area (Å²) in [6.07, 6.45) is 3.01. The van der Waals surface area contributed by atoms with Crippen LogP contribution in [-0.2, 0) is 0 Å². The molecule has 0 aliphatic carbocycles. The van der Waals surface area contributed by atoms with Crippen molar-refractivity contribution in [2.75, 3.05) is 13.1 Å². The fraction of sp³-hybridized carbons (Fsp3) is 0.438. The first-order valence-corrected chi connectivity index (χ1v) is 8.08. The minimum Gasteiger partial charge on any atom is -0.393 e. The van der Waals surface area contributed by atoms with Gasteiger partial charge in [-0.3, -0.25) is 4.79 Å². The van der Waals surface area contributed by atoms with Crippen LogP contribution < -0.4 is 0 Å². The predicted molar refractivity (Wildman–Crippen MR) is 86.7 cm³/mol. The Hall–Kier alpha value is -1.92. The molecular weight excluding hydrogens is 316 g/mol. The number of rotatable bonds is 3. The molecule has 1 amide bonds. The topological polar surface area (TPSA) is 71.2 Å². The van der Waals surface area contributed by atoms with Crippen molar-refractivity contribution in [1.29, 1.82) is 0 Å². The van der Waals surface area contributed by atoms with Crippen molar-refractivity contribution < 1.29 is 9.90 Å². The largest absolute Gasteiger partial charge is 0.393 e. The summed E-state index contributed by atoms with van der Waals surface area (Å²) >= 11 is 6.14. The van der Waals surface area contributed by atoms with Crippen molar-refractivity contribution in [2.45, 2.75) is 25.9 Å². The van der Waals surface area contributed by atoms with Crippen molar-refractivity contribution >= 4 is 17.5 Å². The van der Waals surface area contributed by atoms with Gasteiger partial charge in [0.25, 0.3) is 5.91 Å². The van der Waals surface area contributed by atoms with Gasteiger partial charge in [-0.05, 0) is 31.9 Å². The minimum atomic E-state index is -0.413. The van der Waals surface area contributed by atoms with Crippen molar-refractivity contribution in [3.8, 4) is 5.69 Å². The summed E-state index contributed by atoms with van der Waals surface area (Å²) < 4.78 is 1.51. The van der Waals surface area contributed by atoms with Crippen molar-refractivity contribution in [2.24, 2.45) is 5.92 Å². The summed E-state index contributed by atoms with van der Waals surface area (Å²) in [5.41, 5.74) is 0.970. The number of piperidine rings is 1. The maximum absolute atomic E-state index is 12.6. The summed E-state index contributed by atoms with van der Waals surface area (Å²) in [4.78, 5) is 14.3. The zero-order valence-electron chi connectivity index (χ0n) is 12.9. The first-order valence-electron chi connectivity index (χ1n) is 7.71. The Kier molecular flexibility index (Phi) is 4.63. The van der Waals surface area contributed by atoms with Crippen LogP contribution in [0.4, 0.5) is 0 Å². The quantitative estimate of drug-likeness (QED) is 0.933. The highest BCUT2D eigenvalue weighted by atomic mass is 35.5. The number of halogens is 1. The van der Waals surface area contributed by atoms with Gasteiger partial charge in [-0.25, -0.2) is 4.68 Å². The summed E-state index contributed by atoms with van der Waals surface area (Å²) in [7, 11) is 0. The lowest BCUT2D eigenvalue weighted by molar-refractivity contribution is 0.0461. The molecule has 1 aliphatic heterocycles. The highest BCUT2D eigenvalue weighted by Gasteiger charge is 2.28. The molecule has 1 saturated heterocycles. The third kappa shape index (κ3) is 3.38. The predicted octanol–water partition coefficient (Wildman–Crippen LogP) is 2.15. The minimum absolute atomic E-state index is 0.117. The molecule has 1 aliphatic rings. The van der Waals surface area contributed by atoms with Gasteiger partial charge in [0.15, 0.2) is 5.69 Å². The maximum Gasteiger partial charge on any atom is 0.276 e. The summed E-state index contributed by atoms with van der Waals surface area (Å²) in [5, 5.41) is 18.3. The number of nitrogens with zero attached hydrogens (tertiary/aromatic N) is 4. The third-order valence-corrected chi connectivity index (χ3v) is 4.56. The van der Waals surface area contributed by atoms with Crippen LogP contribution in [0.15, 0.2) is 30.5 Å². The second-order valence-corrected chi connectivity index (χ2v) is 6.30. The van der Waals surface area contributed by atoms with E-state index in [2.05, 4.69) is 10.3 Å². The monoisotopic (exact) mass is 334 g/mol. The Labute approximate surface area is 139 Å². The molecule has 7 heteroatoms. The van der Waals surface area contributed by atoms with Gasteiger partial charge in [0.2, 0.25) is 0 Å². The van der Waals surface area contributed by atoms with E-state index in [1.807, 2.05) is 18.2 Å². The van der Waals surface area contributed by atoms with Crippen molar-refractivity contribution in [3.05, 3.63) is 41.2 Å². The molecule has 2 heterocycles. The molecule has 0 saturated carbocycles. The van der Waals surface area contributed by atoms with Crippen LogP contribution in [0.25, 0.3) is 5.69 Å². The number of aliphatic hydroxyl groups excluding tert-OH is 1. The van der Waals surface area contributed by atoms with Crippen molar-refractivity contribution in [3.63, 3.8) is 0 Å². The molecule has 122 valence electrons. The molecule has 2 unspecified atom stereocenters. The standard InChI is InChI=1S/C16H19ClN4O2/c1-11(22)12-5-4-8-20(9-12)16(23)14-10-21(19-18-14)15-7-3-2-6-13(15)17/h2-3,6-7,10-12,22H,4-5,8-9H2,1H3. The Morgan fingerprint density at radius 1 is 1.43 bits per heavy atom. The van der Waals surface area contributed by atoms with Gasteiger partial charge in [-0.15, -0.1) is 5.10 Å². The van der Waals surface area contributed by atoms with Crippen molar-refractivity contribution in [1.82, 2.24) is 19.9 Å². The lowest BCUT2D eigenvalue weighted by Crippen LogP contribution is -2.43. The molecule has 0 radical (unpaired) electrons. The zero-order chi connectivity index (χ0) is 16.4. The van der Waals surface area contributed by atoms with Gasteiger partial charge in [0, 0.05) is 19.0 Å². The lowest BCUT2D eigenvalue weighted by Gasteiger charge is -2.33. The lowest BCUT2D eigenvalue weighted by atomic mass is 9.93. The number of para-hydroxylation sites is 1. The van der Waals surface area contributed by atoms with E-state index < -0.39 is 6.10 Å². The summed E-state index contributed by atoms with van der Waals surface area (Å²) in [6, 6.07) is 7.26. The van der Waals surface area contributed by atoms with E-state index in [1.54, 1.807) is 24.1 Å². The Morgan fingerprint density at radius 3 is 2.96 bits per heavy atom.